The summed E-state index contributed by atoms with van der Waals surface area (Å²) < 4.78 is 5.34. The number of nitrogens with zero attached hydrogens (tertiary/aromatic N) is 1. The van der Waals surface area contributed by atoms with Crippen LogP contribution in [0.5, 0.6) is 5.75 Å². The second-order valence-electron chi connectivity index (χ2n) is 4.24. The lowest BCUT2D eigenvalue weighted by Gasteiger charge is -2.07. The van der Waals surface area contributed by atoms with Gasteiger partial charge in [-0.15, -0.1) is 0 Å². The van der Waals surface area contributed by atoms with Gasteiger partial charge >= 0.3 is 0 Å². The van der Waals surface area contributed by atoms with E-state index in [1.165, 1.54) is 0 Å². The number of imidazole rings is 1. The van der Waals surface area contributed by atoms with E-state index in [1.54, 1.807) is 36.7 Å². The van der Waals surface area contributed by atoms with Gasteiger partial charge < -0.3 is 15.0 Å². The van der Waals surface area contributed by atoms with Crippen molar-refractivity contribution in [3.8, 4) is 5.75 Å². The number of benzene rings is 1. The molecule has 2 aromatic rings. The smallest absolute Gasteiger partial charge is 0.257 e. The third-order valence-electron chi connectivity index (χ3n) is 2.63. The van der Waals surface area contributed by atoms with Crippen molar-refractivity contribution in [1.29, 1.82) is 0 Å². The second kappa shape index (κ2) is 7.55. The second-order valence-corrected chi connectivity index (χ2v) is 4.67. The van der Waals surface area contributed by atoms with Crippen LogP contribution in [0.25, 0.3) is 0 Å². The summed E-state index contributed by atoms with van der Waals surface area (Å²) in [6, 6.07) is 6.96. The van der Waals surface area contributed by atoms with E-state index in [4.69, 9.17) is 16.3 Å². The SMILES string of the molecule is O=C(COc1cccc(Cl)c1)NCCCc1ncc[nH]1. The molecular weight excluding hydrogens is 278 g/mol. The molecule has 0 aliphatic heterocycles. The molecule has 5 nitrogen and oxygen atoms in total. The maximum Gasteiger partial charge on any atom is 0.257 e. The highest BCUT2D eigenvalue weighted by Crippen LogP contribution is 2.16. The van der Waals surface area contributed by atoms with Gasteiger partial charge in [-0.3, -0.25) is 4.79 Å². The third-order valence-corrected chi connectivity index (χ3v) is 2.87. The van der Waals surface area contributed by atoms with Crippen LogP contribution in [-0.2, 0) is 11.2 Å². The number of carbonyl (C=O) groups is 1. The molecule has 0 fully saturated rings. The molecule has 20 heavy (non-hydrogen) atoms. The number of ether oxygens (including phenoxy) is 1. The normalized spacial score (nSPS) is 10.2. The molecular formula is C14H16ClN3O2. The number of aromatic amines is 1. The molecule has 0 atom stereocenters. The Labute approximate surface area is 122 Å². The van der Waals surface area contributed by atoms with Gasteiger partial charge in [0.15, 0.2) is 6.61 Å². The van der Waals surface area contributed by atoms with Gasteiger partial charge in [0, 0.05) is 30.4 Å². The Morgan fingerprint density at radius 1 is 1.45 bits per heavy atom. The molecule has 0 radical (unpaired) electrons. The summed E-state index contributed by atoms with van der Waals surface area (Å²) in [5.74, 6) is 1.36. The van der Waals surface area contributed by atoms with Crippen LogP contribution in [0.4, 0.5) is 0 Å². The molecule has 1 aromatic carbocycles. The minimum Gasteiger partial charge on any atom is -0.484 e. The first-order chi connectivity index (χ1) is 9.74. The maximum absolute atomic E-state index is 11.6. The van der Waals surface area contributed by atoms with Crippen LogP contribution in [0.1, 0.15) is 12.2 Å². The number of amides is 1. The molecule has 1 heterocycles. The first kappa shape index (κ1) is 14.4. The van der Waals surface area contributed by atoms with E-state index in [9.17, 15) is 4.79 Å². The number of H-pyrrole nitrogens is 1. The highest BCUT2D eigenvalue weighted by Gasteiger charge is 2.03. The van der Waals surface area contributed by atoms with Crippen molar-refractivity contribution in [2.24, 2.45) is 0 Å². The molecule has 106 valence electrons. The average Bonchev–Trinajstić information content (AvgIpc) is 2.95. The monoisotopic (exact) mass is 293 g/mol. The summed E-state index contributed by atoms with van der Waals surface area (Å²) in [6.45, 7) is 0.583. The predicted molar refractivity (Wildman–Crippen MR) is 76.9 cm³/mol. The number of hydrogen-bond donors (Lipinski definition) is 2. The summed E-state index contributed by atoms with van der Waals surface area (Å²) in [6.07, 6.45) is 5.14. The highest BCUT2D eigenvalue weighted by molar-refractivity contribution is 6.30. The molecule has 1 aromatic heterocycles. The van der Waals surface area contributed by atoms with Crippen molar-refractivity contribution >= 4 is 17.5 Å². The quantitative estimate of drug-likeness (QED) is 0.769. The minimum absolute atomic E-state index is 0.0128. The molecule has 0 saturated carbocycles. The van der Waals surface area contributed by atoms with Crippen LogP contribution in [-0.4, -0.2) is 29.0 Å². The van der Waals surface area contributed by atoms with Gasteiger partial charge in [-0.2, -0.15) is 0 Å². The Balaban J connectivity index is 1.61. The van der Waals surface area contributed by atoms with Crippen molar-refractivity contribution in [2.75, 3.05) is 13.2 Å². The topological polar surface area (TPSA) is 67.0 Å². The van der Waals surface area contributed by atoms with E-state index >= 15 is 0 Å². The van der Waals surface area contributed by atoms with Gasteiger partial charge in [0.05, 0.1) is 0 Å². The molecule has 2 N–H and O–H groups in total. The van der Waals surface area contributed by atoms with E-state index in [0.717, 1.165) is 18.7 Å². The van der Waals surface area contributed by atoms with Crippen LogP contribution in [0, 0.1) is 0 Å². The van der Waals surface area contributed by atoms with Crippen molar-refractivity contribution in [2.45, 2.75) is 12.8 Å². The van der Waals surface area contributed by atoms with Crippen LogP contribution < -0.4 is 10.1 Å². The zero-order chi connectivity index (χ0) is 14.2. The molecule has 0 unspecified atom stereocenters. The number of halogens is 1. The molecule has 0 spiro atoms. The predicted octanol–water partition coefficient (Wildman–Crippen LogP) is 2.19. The zero-order valence-corrected chi connectivity index (χ0v) is 11.7. The Morgan fingerprint density at radius 3 is 3.10 bits per heavy atom. The molecule has 0 aliphatic rings. The summed E-state index contributed by atoms with van der Waals surface area (Å²) >= 11 is 5.82. The Hall–Kier alpha value is -2.01. The fraction of sp³-hybridized carbons (Fsp3) is 0.286. The van der Waals surface area contributed by atoms with Gasteiger partial charge in [0.2, 0.25) is 0 Å². The van der Waals surface area contributed by atoms with Crippen LogP contribution >= 0.6 is 11.6 Å². The van der Waals surface area contributed by atoms with Crippen LogP contribution in [0.2, 0.25) is 5.02 Å². The Bertz CT molecular complexity index is 543. The summed E-state index contributed by atoms with van der Waals surface area (Å²) in [5, 5.41) is 3.38. The maximum atomic E-state index is 11.6. The number of carbonyl (C=O) groups excluding carboxylic acids is 1. The van der Waals surface area contributed by atoms with Crippen molar-refractivity contribution in [3.63, 3.8) is 0 Å². The molecule has 2 rings (SSSR count). The Morgan fingerprint density at radius 2 is 2.35 bits per heavy atom. The standard InChI is InChI=1S/C14H16ClN3O2/c15-11-3-1-4-12(9-11)20-10-14(19)18-6-2-5-13-16-7-8-17-13/h1,3-4,7-9H,2,5-6,10H2,(H,16,17)(H,18,19). The van der Waals surface area contributed by atoms with Gasteiger partial charge in [0.25, 0.3) is 5.91 Å². The van der Waals surface area contributed by atoms with E-state index < -0.39 is 0 Å². The zero-order valence-electron chi connectivity index (χ0n) is 10.9. The van der Waals surface area contributed by atoms with Crippen LogP contribution in [0.3, 0.4) is 0 Å². The van der Waals surface area contributed by atoms with Crippen molar-refractivity contribution < 1.29 is 9.53 Å². The lowest BCUT2D eigenvalue weighted by Crippen LogP contribution is -2.29. The number of aromatic nitrogens is 2. The molecule has 0 bridgehead atoms. The van der Waals surface area contributed by atoms with Gasteiger partial charge in [-0.25, -0.2) is 4.98 Å². The van der Waals surface area contributed by atoms with Crippen molar-refractivity contribution in [1.82, 2.24) is 15.3 Å². The molecule has 1 amide bonds. The van der Waals surface area contributed by atoms with Gasteiger partial charge in [-0.05, 0) is 24.6 Å². The van der Waals surface area contributed by atoms with Crippen molar-refractivity contribution in [3.05, 3.63) is 47.5 Å². The van der Waals surface area contributed by atoms with E-state index in [-0.39, 0.29) is 12.5 Å². The summed E-state index contributed by atoms with van der Waals surface area (Å²) in [7, 11) is 0. The number of nitrogens with one attached hydrogen (secondary N) is 2. The van der Waals surface area contributed by atoms with Crippen LogP contribution in [0.15, 0.2) is 36.7 Å². The van der Waals surface area contributed by atoms with Gasteiger partial charge in [-0.1, -0.05) is 17.7 Å². The Kier molecular flexibility index (Phi) is 5.43. The van der Waals surface area contributed by atoms with E-state index in [2.05, 4.69) is 15.3 Å². The largest absolute Gasteiger partial charge is 0.484 e. The first-order valence-corrected chi connectivity index (χ1v) is 6.75. The van der Waals surface area contributed by atoms with E-state index in [0.29, 0.717) is 17.3 Å². The third kappa shape index (κ3) is 4.93. The molecule has 6 heteroatoms. The lowest BCUT2D eigenvalue weighted by molar-refractivity contribution is -0.123. The highest BCUT2D eigenvalue weighted by atomic mass is 35.5. The number of rotatable bonds is 7. The molecule has 0 saturated heterocycles. The summed E-state index contributed by atoms with van der Waals surface area (Å²) in [5.41, 5.74) is 0. The fourth-order valence-electron chi connectivity index (χ4n) is 1.68. The summed E-state index contributed by atoms with van der Waals surface area (Å²) in [4.78, 5) is 18.7. The fourth-order valence-corrected chi connectivity index (χ4v) is 1.86. The number of aryl methyl sites for hydroxylation is 1. The average molecular weight is 294 g/mol. The first-order valence-electron chi connectivity index (χ1n) is 6.37. The lowest BCUT2D eigenvalue weighted by atomic mass is 10.3. The van der Waals surface area contributed by atoms with Gasteiger partial charge in [0.1, 0.15) is 11.6 Å². The van der Waals surface area contributed by atoms with E-state index in [1.807, 2.05) is 0 Å². The number of hydrogen-bond acceptors (Lipinski definition) is 3. The minimum atomic E-state index is -0.149. The molecule has 0 aliphatic carbocycles.